The Morgan fingerprint density at radius 1 is 0.362 bits per heavy atom. The molecule has 2 aliphatic rings. The van der Waals surface area contributed by atoms with Crippen LogP contribution in [0.25, 0.3) is 78.2 Å². The fourth-order valence-electron chi connectivity index (χ4n) is 9.29. The average molecular weight is 741 g/mol. The highest BCUT2D eigenvalue weighted by Gasteiger charge is 2.51. The number of rotatable bonds is 4. The van der Waals surface area contributed by atoms with Crippen LogP contribution in [0.4, 0.5) is 0 Å². The first-order valence-corrected chi connectivity index (χ1v) is 19.6. The second-order valence-electron chi connectivity index (χ2n) is 14.9. The molecule has 0 fully saturated rings. The normalized spacial score (nSPS) is 13.1. The van der Waals surface area contributed by atoms with Crippen LogP contribution in [0.1, 0.15) is 22.3 Å². The van der Waals surface area contributed by atoms with E-state index in [-0.39, 0.29) is 0 Å². The summed E-state index contributed by atoms with van der Waals surface area (Å²) in [6.07, 6.45) is 0. The monoisotopic (exact) mass is 740 g/mol. The topological polar surface area (TPSA) is 60.8 Å². The SMILES string of the molecule is c1ccc(-c2nc(-c3ccccc3)nc(-c3ccc4nc(-c5ccccc5)c5ccc6c(c5c4c3)Oc3ccccc3C63c4ccccc4-c4ccccc43)n2)cc1. The number of hydrogen-bond donors (Lipinski definition) is 0. The van der Waals surface area contributed by atoms with Gasteiger partial charge in [-0.2, -0.15) is 0 Å². The van der Waals surface area contributed by atoms with Gasteiger partial charge in [-0.15, -0.1) is 0 Å². The van der Waals surface area contributed by atoms with Gasteiger partial charge in [0.2, 0.25) is 0 Å². The third-order valence-electron chi connectivity index (χ3n) is 11.8. The third-order valence-corrected chi connectivity index (χ3v) is 11.8. The number of aromatic nitrogens is 4. The average Bonchev–Trinajstić information content (AvgIpc) is 3.59. The zero-order valence-corrected chi connectivity index (χ0v) is 31.2. The Morgan fingerprint density at radius 3 is 1.50 bits per heavy atom. The molecule has 1 spiro atoms. The number of ether oxygens (including phenoxy) is 1. The van der Waals surface area contributed by atoms with E-state index in [1.165, 1.54) is 22.3 Å². The molecule has 0 atom stereocenters. The maximum Gasteiger partial charge on any atom is 0.164 e. The molecule has 8 aromatic carbocycles. The standard InChI is InChI=1S/C53H32N4O/c1-4-16-33(17-5-1)48-39-29-30-44-49(58-46-27-15-14-26-43(46)53(44)41-24-12-10-22-37(41)38-23-11-13-25-42(38)53)47(39)40-32-36(28-31-45(40)54-48)52-56-50(34-18-6-2-7-19-34)55-51(57-52)35-20-8-3-9-21-35/h1-32H. The molecular formula is C53H32N4O. The molecule has 0 bridgehead atoms. The summed E-state index contributed by atoms with van der Waals surface area (Å²) in [6.45, 7) is 0. The summed E-state index contributed by atoms with van der Waals surface area (Å²) >= 11 is 0. The van der Waals surface area contributed by atoms with Crippen molar-refractivity contribution in [2.45, 2.75) is 5.41 Å². The zero-order chi connectivity index (χ0) is 38.2. The quantitative estimate of drug-likeness (QED) is 0.168. The molecule has 58 heavy (non-hydrogen) atoms. The molecule has 270 valence electrons. The molecule has 10 aromatic rings. The largest absolute Gasteiger partial charge is 0.456 e. The van der Waals surface area contributed by atoms with Gasteiger partial charge in [0.05, 0.1) is 16.6 Å². The summed E-state index contributed by atoms with van der Waals surface area (Å²) in [5, 5.41) is 2.97. The van der Waals surface area contributed by atoms with Gasteiger partial charge in [0.1, 0.15) is 11.5 Å². The highest BCUT2D eigenvalue weighted by atomic mass is 16.5. The molecule has 0 N–H and O–H groups in total. The summed E-state index contributed by atoms with van der Waals surface area (Å²) in [7, 11) is 0. The summed E-state index contributed by atoms with van der Waals surface area (Å²) in [5.74, 6) is 3.49. The van der Waals surface area contributed by atoms with Crippen LogP contribution in [-0.2, 0) is 5.41 Å². The molecule has 0 saturated heterocycles. The van der Waals surface area contributed by atoms with E-state index < -0.39 is 5.41 Å². The van der Waals surface area contributed by atoms with Gasteiger partial charge in [-0.3, -0.25) is 0 Å². The van der Waals surface area contributed by atoms with Gasteiger partial charge in [0, 0.05) is 49.5 Å². The number of nitrogens with zero attached hydrogens (tertiary/aromatic N) is 4. The lowest BCUT2D eigenvalue weighted by Gasteiger charge is -2.40. The van der Waals surface area contributed by atoms with Crippen molar-refractivity contribution < 1.29 is 4.74 Å². The smallest absolute Gasteiger partial charge is 0.164 e. The van der Waals surface area contributed by atoms with Crippen molar-refractivity contribution in [1.82, 2.24) is 19.9 Å². The van der Waals surface area contributed by atoms with Gasteiger partial charge < -0.3 is 4.74 Å². The highest BCUT2D eigenvalue weighted by Crippen LogP contribution is 2.63. The van der Waals surface area contributed by atoms with Gasteiger partial charge in [-0.05, 0) is 46.5 Å². The van der Waals surface area contributed by atoms with Crippen LogP contribution in [0, 0.1) is 0 Å². The van der Waals surface area contributed by atoms with Crippen LogP contribution in [0.15, 0.2) is 194 Å². The first-order chi connectivity index (χ1) is 28.8. The number of pyridine rings is 1. The Balaban J connectivity index is 1.19. The van der Waals surface area contributed by atoms with E-state index in [0.29, 0.717) is 17.5 Å². The third kappa shape index (κ3) is 4.71. The molecule has 12 rings (SSSR count). The highest BCUT2D eigenvalue weighted by molar-refractivity contribution is 6.16. The predicted molar refractivity (Wildman–Crippen MR) is 232 cm³/mol. The van der Waals surface area contributed by atoms with Gasteiger partial charge in [-0.25, -0.2) is 19.9 Å². The Labute approximate surface area is 335 Å². The predicted octanol–water partition coefficient (Wildman–Crippen LogP) is 12.7. The lowest BCUT2D eigenvalue weighted by Crippen LogP contribution is -2.32. The van der Waals surface area contributed by atoms with Crippen molar-refractivity contribution in [3.8, 4) is 68.0 Å². The van der Waals surface area contributed by atoms with E-state index in [9.17, 15) is 0 Å². The van der Waals surface area contributed by atoms with Crippen LogP contribution in [0.5, 0.6) is 11.5 Å². The molecule has 3 heterocycles. The summed E-state index contributed by atoms with van der Waals surface area (Å²) in [4.78, 5) is 20.5. The van der Waals surface area contributed by atoms with Crippen LogP contribution < -0.4 is 4.74 Å². The van der Waals surface area contributed by atoms with Gasteiger partial charge in [-0.1, -0.05) is 170 Å². The maximum absolute atomic E-state index is 7.24. The Hall–Kier alpha value is -7.76. The first-order valence-electron chi connectivity index (χ1n) is 19.6. The minimum atomic E-state index is -0.602. The summed E-state index contributed by atoms with van der Waals surface area (Å²) < 4.78 is 7.24. The molecule has 0 unspecified atom stereocenters. The minimum Gasteiger partial charge on any atom is -0.456 e. The number of hydrogen-bond acceptors (Lipinski definition) is 5. The number of benzene rings is 8. The number of para-hydroxylation sites is 1. The molecule has 0 saturated carbocycles. The Bertz CT molecular complexity index is 3150. The fourth-order valence-corrected chi connectivity index (χ4v) is 9.29. The van der Waals surface area contributed by atoms with Crippen molar-refractivity contribution >= 4 is 21.7 Å². The fraction of sp³-hybridized carbons (Fsp3) is 0.0189. The minimum absolute atomic E-state index is 0.584. The lowest BCUT2D eigenvalue weighted by atomic mass is 9.65. The van der Waals surface area contributed by atoms with Crippen molar-refractivity contribution in [3.05, 3.63) is 216 Å². The second-order valence-corrected chi connectivity index (χ2v) is 14.9. The second kappa shape index (κ2) is 12.6. The van der Waals surface area contributed by atoms with Gasteiger partial charge >= 0.3 is 0 Å². The van der Waals surface area contributed by atoms with E-state index in [4.69, 9.17) is 24.7 Å². The summed E-state index contributed by atoms with van der Waals surface area (Å²) in [6, 6.07) is 67.7. The van der Waals surface area contributed by atoms with Crippen LogP contribution in [-0.4, -0.2) is 19.9 Å². The lowest BCUT2D eigenvalue weighted by molar-refractivity contribution is 0.442. The molecule has 2 aromatic heterocycles. The van der Waals surface area contributed by atoms with E-state index >= 15 is 0 Å². The van der Waals surface area contributed by atoms with E-state index in [2.05, 4.69) is 127 Å². The van der Waals surface area contributed by atoms with Crippen LogP contribution >= 0.6 is 0 Å². The maximum atomic E-state index is 7.24. The molecule has 0 amide bonds. The molecule has 5 heteroatoms. The van der Waals surface area contributed by atoms with Crippen molar-refractivity contribution in [2.75, 3.05) is 0 Å². The zero-order valence-electron chi connectivity index (χ0n) is 31.2. The van der Waals surface area contributed by atoms with Crippen molar-refractivity contribution in [3.63, 3.8) is 0 Å². The Morgan fingerprint density at radius 2 is 0.879 bits per heavy atom. The van der Waals surface area contributed by atoms with Crippen molar-refractivity contribution in [2.24, 2.45) is 0 Å². The molecule has 0 radical (unpaired) electrons. The number of fused-ring (bicyclic) bond motifs is 13. The molecule has 1 aliphatic heterocycles. The van der Waals surface area contributed by atoms with E-state index in [1.54, 1.807) is 0 Å². The van der Waals surface area contributed by atoms with Crippen LogP contribution in [0.2, 0.25) is 0 Å². The Kier molecular flexibility index (Phi) is 7.07. The molecular weight excluding hydrogens is 709 g/mol. The molecule has 5 nitrogen and oxygen atoms in total. The first kappa shape index (κ1) is 32.5. The van der Waals surface area contributed by atoms with Crippen LogP contribution in [0.3, 0.4) is 0 Å². The van der Waals surface area contributed by atoms with Gasteiger partial charge in [0.15, 0.2) is 17.5 Å². The van der Waals surface area contributed by atoms with E-state index in [1.807, 2.05) is 66.7 Å². The van der Waals surface area contributed by atoms with Crippen molar-refractivity contribution in [1.29, 1.82) is 0 Å². The molecule has 1 aliphatic carbocycles. The summed E-state index contributed by atoms with van der Waals surface area (Å²) in [5.41, 5.74) is 12.1. The van der Waals surface area contributed by atoms with Gasteiger partial charge in [0.25, 0.3) is 0 Å². The van der Waals surface area contributed by atoms with E-state index in [0.717, 1.165) is 72.2 Å².